The molecule has 0 unspecified atom stereocenters. The minimum atomic E-state index is -0.445. The van der Waals surface area contributed by atoms with Crippen LogP contribution in [0.5, 0.6) is 0 Å². The molecule has 0 spiro atoms. The van der Waals surface area contributed by atoms with Crippen LogP contribution in [0.3, 0.4) is 0 Å². The summed E-state index contributed by atoms with van der Waals surface area (Å²) < 4.78 is 0. The molecule has 2 aromatic carbocycles. The molecule has 1 amide bonds. The van der Waals surface area contributed by atoms with E-state index in [1.54, 1.807) is 13.0 Å². The molecule has 0 saturated carbocycles. The van der Waals surface area contributed by atoms with E-state index in [2.05, 4.69) is 22.3 Å². The van der Waals surface area contributed by atoms with Crippen molar-refractivity contribution < 1.29 is 9.72 Å². The van der Waals surface area contributed by atoms with Gasteiger partial charge < -0.3 is 11.1 Å². The van der Waals surface area contributed by atoms with E-state index in [0.29, 0.717) is 29.6 Å². The summed E-state index contributed by atoms with van der Waals surface area (Å²) in [6.07, 6.45) is 0. The van der Waals surface area contributed by atoms with Gasteiger partial charge in [0.2, 0.25) is 5.91 Å². The number of hydrogen-bond acceptors (Lipinski definition) is 5. The van der Waals surface area contributed by atoms with E-state index in [4.69, 9.17) is 5.73 Å². The van der Waals surface area contributed by atoms with Crippen LogP contribution in [0.25, 0.3) is 0 Å². The van der Waals surface area contributed by atoms with Crippen LogP contribution < -0.4 is 11.1 Å². The summed E-state index contributed by atoms with van der Waals surface area (Å²) in [5.74, 6) is 0.517. The lowest BCUT2D eigenvalue weighted by Gasteiger charge is -2.17. The molecule has 3 N–H and O–H groups in total. The summed E-state index contributed by atoms with van der Waals surface area (Å²) in [5.41, 5.74) is 8.49. The van der Waals surface area contributed by atoms with Gasteiger partial charge in [-0.15, -0.1) is 12.4 Å². The highest BCUT2D eigenvalue weighted by Crippen LogP contribution is 2.32. The van der Waals surface area contributed by atoms with Crippen molar-refractivity contribution in [2.75, 3.05) is 31.5 Å². The monoisotopic (exact) mass is 404 g/mol. The van der Waals surface area contributed by atoms with E-state index in [-0.39, 0.29) is 30.5 Å². The first-order valence-corrected chi connectivity index (χ1v) is 9.00. The van der Waals surface area contributed by atoms with Gasteiger partial charge in [-0.25, -0.2) is 0 Å². The second-order valence-electron chi connectivity index (χ2n) is 7.01. The third kappa shape index (κ3) is 5.07. The molecule has 0 aliphatic carbocycles. The van der Waals surface area contributed by atoms with E-state index in [9.17, 15) is 14.9 Å². The molecule has 2 atom stereocenters. The average Bonchev–Trinajstić information content (AvgIpc) is 3.06. The lowest BCUT2D eigenvalue weighted by Crippen LogP contribution is -2.32. The van der Waals surface area contributed by atoms with Crippen LogP contribution in [-0.2, 0) is 4.79 Å². The Morgan fingerprint density at radius 1 is 1.25 bits per heavy atom. The SMILES string of the molecule is Cc1cc([N+](=O)[O-])ccc1NC(=O)CN1C[C@@H](CN)[C@H](c2ccccc2)C1.Cl. The number of nitrogens with zero attached hydrogens (tertiary/aromatic N) is 2. The van der Waals surface area contributed by atoms with Gasteiger partial charge in [0.05, 0.1) is 11.5 Å². The molecule has 150 valence electrons. The van der Waals surface area contributed by atoms with Gasteiger partial charge in [0.1, 0.15) is 0 Å². The maximum Gasteiger partial charge on any atom is 0.269 e. The first kappa shape index (κ1) is 21.8. The molecule has 28 heavy (non-hydrogen) atoms. The fourth-order valence-electron chi connectivity index (χ4n) is 3.70. The van der Waals surface area contributed by atoms with Crippen molar-refractivity contribution in [1.29, 1.82) is 0 Å². The highest BCUT2D eigenvalue weighted by atomic mass is 35.5. The highest BCUT2D eigenvalue weighted by Gasteiger charge is 2.33. The molecule has 1 saturated heterocycles. The maximum absolute atomic E-state index is 12.5. The van der Waals surface area contributed by atoms with Crippen LogP contribution in [0.1, 0.15) is 17.0 Å². The Morgan fingerprint density at radius 2 is 1.96 bits per heavy atom. The predicted octanol–water partition coefficient (Wildman–Crippen LogP) is 2.94. The van der Waals surface area contributed by atoms with Crippen molar-refractivity contribution in [2.45, 2.75) is 12.8 Å². The second-order valence-corrected chi connectivity index (χ2v) is 7.01. The van der Waals surface area contributed by atoms with Gasteiger partial charge in [-0.3, -0.25) is 19.8 Å². The third-order valence-electron chi connectivity index (χ3n) is 5.11. The number of amides is 1. The Morgan fingerprint density at radius 3 is 2.57 bits per heavy atom. The number of likely N-dealkylation sites (tertiary alicyclic amines) is 1. The molecule has 0 bridgehead atoms. The molecular weight excluding hydrogens is 380 g/mol. The molecule has 0 aromatic heterocycles. The van der Waals surface area contributed by atoms with E-state index >= 15 is 0 Å². The molecule has 3 rings (SSSR count). The van der Waals surface area contributed by atoms with Crippen molar-refractivity contribution in [3.63, 3.8) is 0 Å². The van der Waals surface area contributed by atoms with Gasteiger partial charge in [0, 0.05) is 36.8 Å². The summed E-state index contributed by atoms with van der Waals surface area (Å²) in [7, 11) is 0. The summed E-state index contributed by atoms with van der Waals surface area (Å²) in [4.78, 5) is 25.0. The number of nitrogens with one attached hydrogen (secondary N) is 1. The van der Waals surface area contributed by atoms with Crippen LogP contribution in [-0.4, -0.2) is 41.9 Å². The number of anilines is 1. The highest BCUT2D eigenvalue weighted by molar-refractivity contribution is 5.93. The van der Waals surface area contributed by atoms with Crippen LogP contribution in [0, 0.1) is 23.0 Å². The number of carbonyl (C=O) groups is 1. The number of nitro benzene ring substituents is 1. The second kappa shape index (κ2) is 9.64. The molecule has 1 fully saturated rings. The Labute approximate surface area is 170 Å². The van der Waals surface area contributed by atoms with Crippen LogP contribution in [0.4, 0.5) is 11.4 Å². The van der Waals surface area contributed by atoms with Gasteiger partial charge in [-0.1, -0.05) is 30.3 Å². The Hall–Kier alpha value is -2.48. The zero-order valence-corrected chi connectivity index (χ0v) is 16.5. The van der Waals surface area contributed by atoms with Crippen molar-refractivity contribution in [2.24, 2.45) is 11.7 Å². The summed E-state index contributed by atoms with van der Waals surface area (Å²) in [6, 6.07) is 14.7. The maximum atomic E-state index is 12.5. The van der Waals surface area contributed by atoms with Gasteiger partial charge in [-0.05, 0) is 36.6 Å². The minimum absolute atomic E-state index is 0. The standard InChI is InChI=1S/C20H24N4O3.ClH/c1-14-9-17(24(26)27)7-8-19(14)22-20(25)13-23-11-16(10-21)18(12-23)15-5-3-2-4-6-15;/h2-9,16,18H,10-13,21H2,1H3,(H,22,25);1H/t16-,18+;/m1./s1. The first-order valence-electron chi connectivity index (χ1n) is 9.00. The molecule has 1 aliphatic rings. The van der Waals surface area contributed by atoms with Gasteiger partial charge in [0.25, 0.3) is 5.69 Å². The number of rotatable bonds is 6. The number of nitro groups is 1. The third-order valence-corrected chi connectivity index (χ3v) is 5.11. The first-order chi connectivity index (χ1) is 13.0. The van der Waals surface area contributed by atoms with E-state index in [1.807, 2.05) is 18.2 Å². The van der Waals surface area contributed by atoms with Crippen molar-refractivity contribution >= 4 is 29.7 Å². The normalized spacial score (nSPS) is 19.1. The Kier molecular flexibility index (Phi) is 7.51. The van der Waals surface area contributed by atoms with Gasteiger partial charge in [0.15, 0.2) is 0 Å². The van der Waals surface area contributed by atoms with Crippen molar-refractivity contribution in [3.8, 4) is 0 Å². The molecular formula is C20H25ClN4O3. The van der Waals surface area contributed by atoms with Crippen LogP contribution in [0.2, 0.25) is 0 Å². The fraction of sp³-hybridized carbons (Fsp3) is 0.350. The average molecular weight is 405 g/mol. The predicted molar refractivity (Wildman–Crippen MR) is 112 cm³/mol. The zero-order valence-electron chi connectivity index (χ0n) is 15.7. The number of aryl methyl sites for hydroxylation is 1. The summed E-state index contributed by atoms with van der Waals surface area (Å²) >= 11 is 0. The van der Waals surface area contributed by atoms with Crippen LogP contribution >= 0.6 is 12.4 Å². The number of non-ortho nitro benzene ring substituents is 1. The van der Waals surface area contributed by atoms with Crippen LogP contribution in [0.15, 0.2) is 48.5 Å². The fourth-order valence-corrected chi connectivity index (χ4v) is 3.70. The quantitative estimate of drug-likeness (QED) is 0.569. The molecule has 1 aliphatic heterocycles. The molecule has 2 aromatic rings. The molecule has 8 heteroatoms. The van der Waals surface area contributed by atoms with E-state index in [0.717, 1.165) is 13.1 Å². The Balaban J connectivity index is 0.00000280. The molecule has 0 radical (unpaired) electrons. The summed E-state index contributed by atoms with van der Waals surface area (Å²) in [6.45, 7) is 4.17. The molecule has 7 nitrogen and oxygen atoms in total. The lowest BCUT2D eigenvalue weighted by atomic mass is 9.89. The largest absolute Gasteiger partial charge is 0.330 e. The number of carbonyl (C=O) groups excluding carboxylic acids is 1. The topological polar surface area (TPSA) is 102 Å². The smallest absolute Gasteiger partial charge is 0.269 e. The number of benzene rings is 2. The van der Waals surface area contributed by atoms with Gasteiger partial charge in [-0.2, -0.15) is 0 Å². The number of halogens is 1. The van der Waals surface area contributed by atoms with Gasteiger partial charge >= 0.3 is 0 Å². The van der Waals surface area contributed by atoms with Crippen molar-refractivity contribution in [1.82, 2.24) is 4.90 Å². The van der Waals surface area contributed by atoms with E-state index in [1.165, 1.54) is 17.7 Å². The van der Waals surface area contributed by atoms with Crippen molar-refractivity contribution in [3.05, 3.63) is 69.8 Å². The zero-order chi connectivity index (χ0) is 19.4. The number of nitrogens with two attached hydrogens (primary N) is 1. The molecule has 1 heterocycles. The number of hydrogen-bond donors (Lipinski definition) is 2. The lowest BCUT2D eigenvalue weighted by molar-refractivity contribution is -0.384. The summed E-state index contributed by atoms with van der Waals surface area (Å²) in [5, 5.41) is 13.7. The van der Waals surface area contributed by atoms with E-state index < -0.39 is 4.92 Å². The Bertz CT molecular complexity index is 831. The minimum Gasteiger partial charge on any atom is -0.330 e.